The lowest BCUT2D eigenvalue weighted by Crippen LogP contribution is -2.31. The monoisotopic (exact) mass is 234 g/mol. The van der Waals surface area contributed by atoms with Gasteiger partial charge in [-0.05, 0) is 0 Å². The highest BCUT2D eigenvalue weighted by Gasteiger charge is 2.03. The third kappa shape index (κ3) is 9.95. The molecule has 0 unspecified atom stereocenters. The van der Waals surface area contributed by atoms with E-state index < -0.39 is 0 Å². The zero-order chi connectivity index (χ0) is 11.4. The van der Waals surface area contributed by atoms with Crippen LogP contribution in [0.1, 0.15) is 6.42 Å². The van der Waals surface area contributed by atoms with Gasteiger partial charge in [-0.15, -0.1) is 11.6 Å². The summed E-state index contributed by atoms with van der Waals surface area (Å²) in [7, 11) is 1.67. The molecule has 0 fully saturated rings. The van der Waals surface area contributed by atoms with Gasteiger partial charge in [0.05, 0.1) is 25.9 Å². The van der Waals surface area contributed by atoms with Gasteiger partial charge in [0.1, 0.15) is 0 Å². The minimum absolute atomic E-state index is 0.524. The normalized spacial score (nSPS) is 10.5. The van der Waals surface area contributed by atoms with Crippen molar-refractivity contribution in [1.29, 1.82) is 5.26 Å². The lowest BCUT2D eigenvalue weighted by Gasteiger charge is -2.20. The van der Waals surface area contributed by atoms with E-state index in [1.165, 1.54) is 0 Å². The van der Waals surface area contributed by atoms with E-state index in [1.807, 2.05) is 0 Å². The summed E-state index contributed by atoms with van der Waals surface area (Å²) >= 11 is 5.48. The van der Waals surface area contributed by atoms with Gasteiger partial charge in [-0.2, -0.15) is 5.26 Å². The van der Waals surface area contributed by atoms with E-state index in [-0.39, 0.29) is 0 Å². The number of halogens is 1. The Labute approximate surface area is 96.7 Å². The van der Waals surface area contributed by atoms with Crippen LogP contribution in [0.3, 0.4) is 0 Å². The molecule has 4 nitrogen and oxygen atoms in total. The van der Waals surface area contributed by atoms with Gasteiger partial charge in [-0.25, -0.2) is 0 Å². The Morgan fingerprint density at radius 3 is 2.53 bits per heavy atom. The van der Waals surface area contributed by atoms with Crippen LogP contribution in [0.2, 0.25) is 0 Å². The van der Waals surface area contributed by atoms with Crippen LogP contribution in [-0.4, -0.2) is 57.3 Å². The minimum atomic E-state index is 0.524. The quantitative estimate of drug-likeness (QED) is 0.420. The second kappa shape index (κ2) is 11.7. The predicted molar refractivity (Wildman–Crippen MR) is 60.1 cm³/mol. The van der Waals surface area contributed by atoms with Gasteiger partial charge < -0.3 is 9.47 Å². The van der Waals surface area contributed by atoms with Crippen molar-refractivity contribution in [1.82, 2.24) is 4.90 Å². The number of nitriles is 1. The maximum absolute atomic E-state index is 8.49. The topological polar surface area (TPSA) is 45.5 Å². The predicted octanol–water partition coefficient (Wildman–Crippen LogP) is 1.10. The number of alkyl halides is 1. The molecule has 0 N–H and O–H groups in total. The molecular formula is C10H19ClN2O2. The standard InChI is InChI=1S/C10H19ClN2O2/c1-14-9-6-13(5-2-4-12)7-10-15-8-3-11/h2-3,5-10H2,1H3. The zero-order valence-electron chi connectivity index (χ0n) is 9.25. The first-order chi connectivity index (χ1) is 7.35. The average molecular weight is 235 g/mol. The van der Waals surface area contributed by atoms with Crippen molar-refractivity contribution in [2.45, 2.75) is 6.42 Å². The van der Waals surface area contributed by atoms with Crippen molar-refractivity contribution in [3.05, 3.63) is 0 Å². The van der Waals surface area contributed by atoms with Crippen molar-refractivity contribution in [3.8, 4) is 6.07 Å². The fourth-order valence-corrected chi connectivity index (χ4v) is 1.22. The maximum Gasteiger partial charge on any atom is 0.0635 e. The van der Waals surface area contributed by atoms with E-state index in [0.717, 1.165) is 19.6 Å². The summed E-state index contributed by atoms with van der Waals surface area (Å²) in [4.78, 5) is 2.15. The summed E-state index contributed by atoms with van der Waals surface area (Å²) in [6.07, 6.45) is 0.541. The molecule has 0 rings (SSSR count). The number of nitrogens with zero attached hydrogens (tertiary/aromatic N) is 2. The third-order valence-electron chi connectivity index (χ3n) is 1.92. The molecule has 0 aromatic carbocycles. The summed E-state index contributed by atoms with van der Waals surface area (Å²) in [5.41, 5.74) is 0. The fraction of sp³-hybridized carbons (Fsp3) is 0.900. The molecule has 0 aliphatic heterocycles. The summed E-state index contributed by atoms with van der Waals surface area (Å²) in [6, 6.07) is 2.13. The van der Waals surface area contributed by atoms with E-state index >= 15 is 0 Å². The van der Waals surface area contributed by atoms with Crippen molar-refractivity contribution in [2.24, 2.45) is 0 Å². The first-order valence-corrected chi connectivity index (χ1v) is 5.60. The minimum Gasteiger partial charge on any atom is -0.383 e. The SMILES string of the molecule is COCCN(CCC#N)CCOCCCl. The van der Waals surface area contributed by atoms with Crippen molar-refractivity contribution in [3.63, 3.8) is 0 Å². The molecule has 0 bridgehead atoms. The molecule has 0 saturated heterocycles. The second-order valence-corrected chi connectivity index (χ2v) is 3.42. The van der Waals surface area contributed by atoms with Gasteiger partial charge >= 0.3 is 0 Å². The lowest BCUT2D eigenvalue weighted by atomic mass is 10.4. The van der Waals surface area contributed by atoms with E-state index in [9.17, 15) is 0 Å². The first kappa shape index (κ1) is 14.7. The Kier molecular flexibility index (Phi) is 11.5. The molecule has 0 aliphatic carbocycles. The van der Waals surface area contributed by atoms with Crippen LogP contribution >= 0.6 is 11.6 Å². The second-order valence-electron chi connectivity index (χ2n) is 3.04. The van der Waals surface area contributed by atoms with Gasteiger partial charge in [0.25, 0.3) is 0 Å². The molecule has 0 spiro atoms. The number of hydrogen-bond acceptors (Lipinski definition) is 4. The molecule has 5 heteroatoms. The smallest absolute Gasteiger partial charge is 0.0635 e. The van der Waals surface area contributed by atoms with Crippen LogP contribution in [0.25, 0.3) is 0 Å². The molecule has 0 aromatic heterocycles. The summed E-state index contributed by atoms with van der Waals surface area (Å²) in [6.45, 7) is 4.34. The molecule has 15 heavy (non-hydrogen) atoms. The Balaban J connectivity index is 3.55. The molecular weight excluding hydrogens is 216 g/mol. The molecule has 0 heterocycles. The first-order valence-electron chi connectivity index (χ1n) is 5.07. The maximum atomic E-state index is 8.49. The highest BCUT2D eigenvalue weighted by molar-refractivity contribution is 6.17. The Hall–Kier alpha value is -0.340. The molecule has 0 aromatic rings. The van der Waals surface area contributed by atoms with E-state index in [4.69, 9.17) is 26.3 Å². The zero-order valence-corrected chi connectivity index (χ0v) is 10.0. The van der Waals surface area contributed by atoms with Gasteiger partial charge in [-0.1, -0.05) is 0 Å². The van der Waals surface area contributed by atoms with Crippen molar-refractivity contribution < 1.29 is 9.47 Å². The lowest BCUT2D eigenvalue weighted by molar-refractivity contribution is 0.0965. The molecule has 88 valence electrons. The van der Waals surface area contributed by atoms with Gasteiger partial charge in [-0.3, -0.25) is 4.90 Å². The summed E-state index contributed by atoms with van der Waals surface area (Å²) in [5, 5.41) is 8.49. The van der Waals surface area contributed by atoms with Crippen LogP contribution in [0.4, 0.5) is 0 Å². The Bertz CT molecular complexity index is 173. The van der Waals surface area contributed by atoms with Crippen LogP contribution < -0.4 is 0 Å². The van der Waals surface area contributed by atoms with Crippen molar-refractivity contribution in [2.75, 3.05) is 52.4 Å². The van der Waals surface area contributed by atoms with Crippen LogP contribution in [0.5, 0.6) is 0 Å². The highest BCUT2D eigenvalue weighted by Crippen LogP contribution is 1.92. The Morgan fingerprint density at radius 1 is 1.20 bits per heavy atom. The van der Waals surface area contributed by atoms with Crippen molar-refractivity contribution >= 4 is 11.6 Å². The third-order valence-corrected chi connectivity index (χ3v) is 2.08. The van der Waals surface area contributed by atoms with Gasteiger partial charge in [0.15, 0.2) is 0 Å². The molecule has 0 atom stereocenters. The summed E-state index contributed by atoms with van der Waals surface area (Å²) in [5.74, 6) is 0.524. The molecule has 0 radical (unpaired) electrons. The number of hydrogen-bond donors (Lipinski definition) is 0. The Morgan fingerprint density at radius 2 is 1.93 bits per heavy atom. The molecule has 0 saturated carbocycles. The molecule has 0 amide bonds. The number of ether oxygens (including phenoxy) is 2. The number of methoxy groups -OCH3 is 1. The van der Waals surface area contributed by atoms with E-state index in [0.29, 0.717) is 32.1 Å². The van der Waals surface area contributed by atoms with Crippen LogP contribution in [-0.2, 0) is 9.47 Å². The summed E-state index contributed by atoms with van der Waals surface area (Å²) < 4.78 is 10.3. The molecule has 0 aliphatic rings. The van der Waals surface area contributed by atoms with Crippen LogP contribution in [0, 0.1) is 11.3 Å². The average Bonchev–Trinajstić information content (AvgIpc) is 2.27. The van der Waals surface area contributed by atoms with Gasteiger partial charge in [0, 0.05) is 39.0 Å². The van der Waals surface area contributed by atoms with E-state index in [1.54, 1.807) is 7.11 Å². The largest absolute Gasteiger partial charge is 0.383 e. The van der Waals surface area contributed by atoms with Crippen LogP contribution in [0.15, 0.2) is 0 Å². The van der Waals surface area contributed by atoms with Gasteiger partial charge in [0.2, 0.25) is 0 Å². The number of rotatable bonds is 10. The van der Waals surface area contributed by atoms with E-state index in [2.05, 4.69) is 11.0 Å². The highest BCUT2D eigenvalue weighted by atomic mass is 35.5. The fourth-order valence-electron chi connectivity index (χ4n) is 1.11.